The largest absolute Gasteiger partial charge is 0.459 e. The van der Waals surface area contributed by atoms with E-state index in [4.69, 9.17) is 10.5 Å². The Bertz CT molecular complexity index is 432. The van der Waals surface area contributed by atoms with Crippen molar-refractivity contribution in [3.8, 4) is 0 Å². The summed E-state index contributed by atoms with van der Waals surface area (Å²) < 4.78 is 5.15. The van der Waals surface area contributed by atoms with Crippen LogP contribution in [0, 0.1) is 0 Å². The molecule has 0 spiro atoms. The molecule has 5 heteroatoms. The molecule has 0 radical (unpaired) electrons. The minimum atomic E-state index is -1.27. The lowest BCUT2D eigenvalue weighted by Gasteiger charge is -2.21. The first-order valence-corrected chi connectivity index (χ1v) is 7.10. The monoisotopic (exact) mass is 281 g/mol. The van der Waals surface area contributed by atoms with Crippen LogP contribution in [0.15, 0.2) is 30.3 Å². The Hall–Kier alpha value is -1.33. The molecule has 0 saturated carbocycles. The van der Waals surface area contributed by atoms with E-state index in [0.717, 1.165) is 17.3 Å². The highest BCUT2D eigenvalue weighted by atomic mass is 32.2. The van der Waals surface area contributed by atoms with Gasteiger partial charge in [-0.2, -0.15) is 0 Å². The summed E-state index contributed by atoms with van der Waals surface area (Å²) >= 11 is 1.16. The van der Waals surface area contributed by atoms with Crippen LogP contribution in [0.2, 0.25) is 0 Å². The van der Waals surface area contributed by atoms with Gasteiger partial charge in [-0.15, -0.1) is 0 Å². The molecule has 0 aliphatic rings. The van der Waals surface area contributed by atoms with Gasteiger partial charge in [0.2, 0.25) is 0 Å². The Kier molecular flexibility index (Phi) is 6.05. The van der Waals surface area contributed by atoms with Gasteiger partial charge >= 0.3 is 5.97 Å². The van der Waals surface area contributed by atoms with E-state index in [-0.39, 0.29) is 18.1 Å². The molecular weight excluding hydrogens is 262 g/mol. The Balaban J connectivity index is 2.49. The van der Waals surface area contributed by atoms with Gasteiger partial charge in [0.25, 0.3) is 0 Å². The minimum Gasteiger partial charge on any atom is -0.459 e. The molecular formula is C14H19NO3S. The van der Waals surface area contributed by atoms with E-state index in [9.17, 15) is 9.59 Å². The average molecular weight is 281 g/mol. The van der Waals surface area contributed by atoms with Crippen molar-refractivity contribution in [2.24, 2.45) is 5.73 Å². The third-order valence-corrected chi connectivity index (χ3v) is 3.25. The van der Waals surface area contributed by atoms with Gasteiger partial charge in [-0.3, -0.25) is 9.59 Å². The van der Waals surface area contributed by atoms with Crippen LogP contribution in [-0.2, 0) is 20.9 Å². The summed E-state index contributed by atoms with van der Waals surface area (Å²) in [6.45, 7) is 3.57. The van der Waals surface area contributed by atoms with Gasteiger partial charge in [0, 0.05) is 6.42 Å². The van der Waals surface area contributed by atoms with Crippen molar-refractivity contribution >= 4 is 22.8 Å². The minimum absolute atomic E-state index is 0.0148. The van der Waals surface area contributed by atoms with Crippen LogP contribution in [0.3, 0.4) is 0 Å². The van der Waals surface area contributed by atoms with Crippen molar-refractivity contribution < 1.29 is 14.3 Å². The molecule has 0 saturated heterocycles. The summed E-state index contributed by atoms with van der Waals surface area (Å²) in [7, 11) is 0. The molecule has 1 aromatic rings. The van der Waals surface area contributed by atoms with Gasteiger partial charge < -0.3 is 10.5 Å². The molecule has 0 aromatic heterocycles. The number of hydrogen-bond donors (Lipinski definition) is 1. The van der Waals surface area contributed by atoms with E-state index in [2.05, 4.69) is 0 Å². The van der Waals surface area contributed by atoms with Gasteiger partial charge in [-0.05, 0) is 18.2 Å². The first-order valence-electron chi connectivity index (χ1n) is 6.11. The fraction of sp³-hybridized carbons (Fsp3) is 0.429. The molecule has 2 N–H and O–H groups in total. The average Bonchev–Trinajstić information content (AvgIpc) is 2.36. The number of thioether (sulfide) groups is 1. The second-order valence-electron chi connectivity index (χ2n) is 4.46. The normalized spacial score (nSPS) is 13.6. The zero-order chi connectivity index (χ0) is 14.3. The lowest BCUT2D eigenvalue weighted by molar-refractivity contribution is -0.151. The third-order valence-electron chi connectivity index (χ3n) is 2.50. The maximum absolute atomic E-state index is 11.9. The van der Waals surface area contributed by atoms with Crippen molar-refractivity contribution in [2.75, 3.05) is 5.75 Å². The number of carbonyl (C=O) groups excluding carboxylic acids is 2. The van der Waals surface area contributed by atoms with Crippen LogP contribution >= 0.6 is 11.8 Å². The molecule has 1 aromatic carbocycles. The highest BCUT2D eigenvalue weighted by Gasteiger charge is 2.32. The number of nitrogens with two attached hydrogens (primary N) is 1. The summed E-state index contributed by atoms with van der Waals surface area (Å²) in [6, 6.07) is 9.34. The van der Waals surface area contributed by atoms with E-state index < -0.39 is 11.5 Å². The molecule has 0 aliphatic carbocycles. The first-order chi connectivity index (χ1) is 8.95. The van der Waals surface area contributed by atoms with E-state index in [1.165, 1.54) is 6.92 Å². The lowest BCUT2D eigenvalue weighted by Crippen LogP contribution is -2.47. The highest BCUT2D eigenvalue weighted by molar-refractivity contribution is 8.13. The van der Waals surface area contributed by atoms with Crippen LogP contribution in [0.5, 0.6) is 0 Å². The SMILES string of the molecule is CCSC(=O)CC(C)(N)C(=O)OCc1ccccc1. The van der Waals surface area contributed by atoms with E-state index >= 15 is 0 Å². The number of esters is 1. The Morgan fingerprint density at radius 3 is 2.53 bits per heavy atom. The van der Waals surface area contributed by atoms with Crippen molar-refractivity contribution in [1.82, 2.24) is 0 Å². The zero-order valence-electron chi connectivity index (χ0n) is 11.2. The topological polar surface area (TPSA) is 69.4 Å². The standard InChI is InChI=1S/C14H19NO3S/c1-3-19-12(16)9-14(2,15)13(17)18-10-11-7-5-4-6-8-11/h4-8H,3,9-10,15H2,1-2H3. The number of hydrogen-bond acceptors (Lipinski definition) is 5. The van der Waals surface area contributed by atoms with Crippen LogP contribution in [0.1, 0.15) is 25.8 Å². The van der Waals surface area contributed by atoms with Crippen LogP contribution in [0.25, 0.3) is 0 Å². The molecule has 0 heterocycles. The summed E-state index contributed by atoms with van der Waals surface area (Å²) in [5.41, 5.74) is 5.47. The number of carbonyl (C=O) groups is 2. The lowest BCUT2D eigenvalue weighted by atomic mass is 10.0. The van der Waals surface area contributed by atoms with Crippen LogP contribution < -0.4 is 5.73 Å². The van der Waals surface area contributed by atoms with Crippen molar-refractivity contribution in [2.45, 2.75) is 32.4 Å². The van der Waals surface area contributed by atoms with Crippen molar-refractivity contribution in [3.05, 3.63) is 35.9 Å². The highest BCUT2D eigenvalue weighted by Crippen LogP contribution is 2.16. The summed E-state index contributed by atoms with van der Waals surface area (Å²) in [4.78, 5) is 23.4. The molecule has 4 nitrogen and oxygen atoms in total. The summed E-state index contributed by atoms with van der Waals surface area (Å²) in [6.07, 6.45) is -0.0148. The molecule has 0 fully saturated rings. The van der Waals surface area contributed by atoms with Crippen LogP contribution in [0.4, 0.5) is 0 Å². The van der Waals surface area contributed by atoms with E-state index in [1.807, 2.05) is 37.3 Å². The Labute approximate surface area is 117 Å². The first kappa shape index (κ1) is 15.7. The van der Waals surface area contributed by atoms with Crippen molar-refractivity contribution in [3.63, 3.8) is 0 Å². The summed E-state index contributed by atoms with van der Waals surface area (Å²) in [5.74, 6) is 0.120. The van der Waals surface area contributed by atoms with Gasteiger partial charge in [0.1, 0.15) is 12.1 Å². The second kappa shape index (κ2) is 7.31. The molecule has 19 heavy (non-hydrogen) atoms. The number of rotatable bonds is 6. The van der Waals surface area contributed by atoms with Gasteiger partial charge in [-0.1, -0.05) is 49.0 Å². The zero-order valence-corrected chi connectivity index (χ0v) is 12.0. The van der Waals surface area contributed by atoms with Gasteiger partial charge in [0.05, 0.1) is 0 Å². The molecule has 1 rings (SSSR count). The third kappa shape index (κ3) is 5.44. The predicted molar refractivity (Wildman–Crippen MR) is 76.6 cm³/mol. The van der Waals surface area contributed by atoms with E-state index in [1.54, 1.807) is 0 Å². The molecule has 1 atom stereocenters. The predicted octanol–water partition coefficient (Wildman–Crippen LogP) is 2.12. The van der Waals surface area contributed by atoms with Crippen molar-refractivity contribution in [1.29, 1.82) is 0 Å². The maximum Gasteiger partial charge on any atom is 0.326 e. The second-order valence-corrected chi connectivity index (χ2v) is 5.78. The van der Waals surface area contributed by atoms with Crippen LogP contribution in [-0.4, -0.2) is 22.4 Å². The Morgan fingerprint density at radius 1 is 1.32 bits per heavy atom. The number of ether oxygens (including phenoxy) is 1. The molecule has 0 bridgehead atoms. The quantitative estimate of drug-likeness (QED) is 0.809. The van der Waals surface area contributed by atoms with Gasteiger partial charge in [-0.25, -0.2) is 0 Å². The molecule has 0 amide bonds. The fourth-order valence-electron chi connectivity index (χ4n) is 1.47. The number of benzene rings is 1. The van der Waals surface area contributed by atoms with Gasteiger partial charge in [0.15, 0.2) is 5.12 Å². The Morgan fingerprint density at radius 2 is 1.95 bits per heavy atom. The molecule has 0 aliphatic heterocycles. The van der Waals surface area contributed by atoms with E-state index in [0.29, 0.717) is 5.75 Å². The fourth-order valence-corrected chi connectivity index (χ4v) is 2.20. The molecule has 104 valence electrons. The smallest absolute Gasteiger partial charge is 0.326 e. The summed E-state index contributed by atoms with van der Waals surface area (Å²) in [5, 5.41) is -0.0934. The maximum atomic E-state index is 11.9. The molecule has 1 unspecified atom stereocenters.